The van der Waals surface area contributed by atoms with Gasteiger partial charge in [0.1, 0.15) is 11.6 Å². The predicted octanol–water partition coefficient (Wildman–Crippen LogP) is 2.98. The Balaban J connectivity index is 1.74. The van der Waals surface area contributed by atoms with Crippen LogP contribution in [0.3, 0.4) is 0 Å². The van der Waals surface area contributed by atoms with Crippen molar-refractivity contribution in [3.63, 3.8) is 0 Å². The highest BCUT2D eigenvalue weighted by Gasteiger charge is 2.54. The van der Waals surface area contributed by atoms with Gasteiger partial charge in [0.15, 0.2) is 5.82 Å². The van der Waals surface area contributed by atoms with Gasteiger partial charge in [-0.15, -0.1) is 5.10 Å². The number of carbonyl (C=O) groups is 1. The minimum Gasteiger partial charge on any atom is -0.381 e. The average Bonchev–Trinajstić information content (AvgIpc) is 3.24. The second kappa shape index (κ2) is 7.12. The number of hydrogen-bond acceptors (Lipinski definition) is 5. The smallest absolute Gasteiger partial charge is 0.229 e. The summed E-state index contributed by atoms with van der Waals surface area (Å²) in [5.74, 6) is -0.775. The van der Waals surface area contributed by atoms with Crippen LogP contribution in [0.2, 0.25) is 0 Å². The van der Waals surface area contributed by atoms with Crippen molar-refractivity contribution < 1.29 is 18.3 Å². The van der Waals surface area contributed by atoms with Gasteiger partial charge < -0.3 is 9.64 Å². The number of amides is 1. The molecular weight excluding hydrogens is 380 g/mol. The van der Waals surface area contributed by atoms with Crippen LogP contribution in [0.1, 0.15) is 57.5 Å². The van der Waals surface area contributed by atoms with Crippen LogP contribution in [0, 0.1) is 17.0 Å². The Morgan fingerprint density at radius 3 is 2.62 bits per heavy atom. The monoisotopic (exact) mass is 405 g/mol. The van der Waals surface area contributed by atoms with Crippen molar-refractivity contribution in [2.75, 3.05) is 13.2 Å². The van der Waals surface area contributed by atoms with Crippen LogP contribution in [0.25, 0.3) is 0 Å². The van der Waals surface area contributed by atoms with E-state index >= 15 is 0 Å². The van der Waals surface area contributed by atoms with E-state index in [1.54, 1.807) is 9.58 Å². The van der Waals surface area contributed by atoms with Crippen LogP contribution in [0.5, 0.6) is 0 Å². The number of likely N-dealkylation sites (tertiary alicyclic amines) is 1. The maximum Gasteiger partial charge on any atom is 0.229 e. The fourth-order valence-electron chi connectivity index (χ4n) is 4.32. The summed E-state index contributed by atoms with van der Waals surface area (Å²) in [6.45, 7) is 7.02. The summed E-state index contributed by atoms with van der Waals surface area (Å²) in [5, 5.41) is 12.2. The highest BCUT2D eigenvalue weighted by Crippen LogP contribution is 2.50. The number of halogens is 2. The minimum atomic E-state index is -0.667. The fraction of sp³-hybridized carbons (Fsp3) is 0.600. The first kappa shape index (κ1) is 19.9. The van der Waals surface area contributed by atoms with Crippen molar-refractivity contribution in [2.45, 2.75) is 58.2 Å². The van der Waals surface area contributed by atoms with E-state index in [1.165, 1.54) is 12.1 Å². The molecule has 2 aliphatic rings. The number of tetrazole rings is 1. The third-order valence-electron chi connectivity index (χ3n) is 5.91. The predicted molar refractivity (Wildman–Crippen MR) is 99.6 cm³/mol. The van der Waals surface area contributed by atoms with E-state index < -0.39 is 17.0 Å². The summed E-state index contributed by atoms with van der Waals surface area (Å²) < 4.78 is 34.9. The highest BCUT2D eigenvalue weighted by atomic mass is 19.1. The number of aromatic nitrogens is 4. The lowest BCUT2D eigenvalue weighted by Gasteiger charge is -2.31. The second-order valence-corrected chi connectivity index (χ2v) is 8.90. The maximum atomic E-state index is 14.4. The summed E-state index contributed by atoms with van der Waals surface area (Å²) in [4.78, 5) is 15.2. The van der Waals surface area contributed by atoms with Crippen LogP contribution >= 0.6 is 0 Å². The molecule has 1 aromatic carbocycles. The lowest BCUT2D eigenvalue weighted by atomic mass is 9.77. The first-order chi connectivity index (χ1) is 13.7. The summed E-state index contributed by atoms with van der Waals surface area (Å²) in [7, 11) is 0. The van der Waals surface area contributed by atoms with E-state index in [0.717, 1.165) is 6.07 Å². The third kappa shape index (κ3) is 3.52. The molecule has 0 radical (unpaired) electrons. The Morgan fingerprint density at radius 2 is 1.97 bits per heavy atom. The zero-order valence-corrected chi connectivity index (χ0v) is 16.9. The molecule has 1 atom stereocenters. The minimum absolute atomic E-state index is 0.0369. The van der Waals surface area contributed by atoms with Crippen LogP contribution < -0.4 is 0 Å². The molecule has 2 aliphatic heterocycles. The summed E-state index contributed by atoms with van der Waals surface area (Å²) in [6, 6.07) is 3.04. The number of benzene rings is 1. The molecule has 1 spiro atoms. The Hall–Kier alpha value is -2.42. The number of nitrogens with zero attached hydrogens (tertiary/aromatic N) is 5. The van der Waals surface area contributed by atoms with Crippen LogP contribution in [0.4, 0.5) is 8.78 Å². The molecule has 0 saturated carbocycles. The normalized spacial score (nSPS) is 21.9. The molecule has 0 aliphatic carbocycles. The zero-order chi connectivity index (χ0) is 20.8. The molecule has 2 saturated heterocycles. The van der Waals surface area contributed by atoms with E-state index in [-0.39, 0.29) is 29.6 Å². The molecule has 0 bridgehead atoms. The lowest BCUT2D eigenvalue weighted by molar-refractivity contribution is -0.141. The molecule has 1 aromatic heterocycles. The quantitative estimate of drug-likeness (QED) is 0.785. The molecule has 2 aromatic rings. The van der Waals surface area contributed by atoms with Crippen molar-refractivity contribution in [3.8, 4) is 0 Å². The van der Waals surface area contributed by atoms with E-state index in [9.17, 15) is 13.6 Å². The van der Waals surface area contributed by atoms with Gasteiger partial charge in [0.05, 0.1) is 17.0 Å². The van der Waals surface area contributed by atoms with Crippen LogP contribution in [0.15, 0.2) is 18.2 Å². The van der Waals surface area contributed by atoms with Gasteiger partial charge in [0, 0.05) is 31.4 Å². The number of carbonyl (C=O) groups excluding carboxylic acids is 1. The Kier molecular flexibility index (Phi) is 4.88. The van der Waals surface area contributed by atoms with Crippen LogP contribution in [-0.4, -0.2) is 44.2 Å². The van der Waals surface area contributed by atoms with E-state index in [4.69, 9.17) is 4.74 Å². The van der Waals surface area contributed by atoms with Gasteiger partial charge in [-0.1, -0.05) is 6.07 Å². The SMILES string of the molecule is CC(C)(C)n1nnnc1C1CC2(CCOCC2)C(=O)N1Cc1ccc(F)cc1F. The highest BCUT2D eigenvalue weighted by molar-refractivity contribution is 5.85. The van der Waals surface area contributed by atoms with Gasteiger partial charge >= 0.3 is 0 Å². The van der Waals surface area contributed by atoms with Gasteiger partial charge in [-0.05, 0) is 56.5 Å². The molecule has 2 fully saturated rings. The molecule has 3 heterocycles. The van der Waals surface area contributed by atoms with E-state index in [1.807, 2.05) is 20.8 Å². The summed E-state index contributed by atoms with van der Waals surface area (Å²) in [6.07, 6.45) is 1.78. The molecule has 1 unspecified atom stereocenters. The fourth-order valence-corrected chi connectivity index (χ4v) is 4.32. The Bertz CT molecular complexity index is 918. The third-order valence-corrected chi connectivity index (χ3v) is 5.91. The molecule has 4 rings (SSSR count). The zero-order valence-electron chi connectivity index (χ0n) is 16.9. The summed E-state index contributed by atoms with van der Waals surface area (Å²) >= 11 is 0. The number of rotatable bonds is 3. The number of hydrogen-bond donors (Lipinski definition) is 0. The molecule has 7 nitrogen and oxygen atoms in total. The molecule has 1 amide bonds. The van der Waals surface area contributed by atoms with Gasteiger partial charge in [-0.2, -0.15) is 0 Å². The first-order valence-corrected chi connectivity index (χ1v) is 9.83. The van der Waals surface area contributed by atoms with Crippen molar-refractivity contribution in [3.05, 3.63) is 41.2 Å². The number of ether oxygens (including phenoxy) is 1. The van der Waals surface area contributed by atoms with Gasteiger partial charge in [-0.3, -0.25) is 4.79 Å². The maximum absolute atomic E-state index is 14.4. The molecule has 29 heavy (non-hydrogen) atoms. The first-order valence-electron chi connectivity index (χ1n) is 9.83. The van der Waals surface area contributed by atoms with Gasteiger partial charge in [-0.25, -0.2) is 13.5 Å². The average molecular weight is 405 g/mol. The molecule has 9 heteroatoms. The Morgan fingerprint density at radius 1 is 1.24 bits per heavy atom. The van der Waals surface area contributed by atoms with Crippen molar-refractivity contribution in [1.82, 2.24) is 25.1 Å². The topological polar surface area (TPSA) is 73.1 Å². The largest absolute Gasteiger partial charge is 0.381 e. The van der Waals surface area contributed by atoms with Crippen molar-refractivity contribution in [2.24, 2.45) is 5.41 Å². The van der Waals surface area contributed by atoms with Crippen molar-refractivity contribution in [1.29, 1.82) is 0 Å². The van der Waals surface area contributed by atoms with Crippen molar-refractivity contribution >= 4 is 5.91 Å². The standard InChI is InChI=1S/C20H25F2N5O2/c1-19(2,3)27-17(23-24-25-27)16-11-20(6-8-29-9-7-20)18(28)26(16)12-13-4-5-14(21)10-15(13)22/h4-5,10,16H,6-9,11-12H2,1-3H3. The second-order valence-electron chi connectivity index (χ2n) is 8.90. The lowest BCUT2D eigenvalue weighted by Crippen LogP contribution is -2.39. The molecular formula is C20H25F2N5O2. The van der Waals surface area contributed by atoms with Crippen LogP contribution in [-0.2, 0) is 21.6 Å². The molecule has 0 N–H and O–H groups in total. The van der Waals surface area contributed by atoms with E-state index in [0.29, 0.717) is 38.3 Å². The van der Waals surface area contributed by atoms with Gasteiger partial charge in [0.2, 0.25) is 5.91 Å². The van der Waals surface area contributed by atoms with E-state index in [2.05, 4.69) is 15.5 Å². The summed E-state index contributed by atoms with van der Waals surface area (Å²) in [5.41, 5.74) is -0.669. The van der Waals surface area contributed by atoms with Gasteiger partial charge in [0.25, 0.3) is 0 Å². The molecule has 156 valence electrons. The Labute approximate surface area is 168 Å².